The van der Waals surface area contributed by atoms with E-state index in [4.69, 9.17) is 11.5 Å². The van der Waals surface area contributed by atoms with Crippen LogP contribution in [0.25, 0.3) is 0 Å². The molecule has 2 aromatic rings. The van der Waals surface area contributed by atoms with Crippen molar-refractivity contribution in [1.82, 2.24) is 0 Å². The van der Waals surface area contributed by atoms with Gasteiger partial charge in [-0.1, -0.05) is 30.3 Å². The molecule has 15 heavy (non-hydrogen) atoms. The normalized spacial score (nSPS) is 10.1. The third-order valence-corrected chi connectivity index (χ3v) is 2.34. The molecule has 0 amide bonds. The zero-order valence-corrected chi connectivity index (χ0v) is 8.40. The van der Waals surface area contributed by atoms with Gasteiger partial charge in [-0.2, -0.15) is 0 Å². The summed E-state index contributed by atoms with van der Waals surface area (Å²) in [7, 11) is 0. The Morgan fingerprint density at radius 3 is 2.60 bits per heavy atom. The highest BCUT2D eigenvalue weighted by Crippen LogP contribution is 2.16. The van der Waals surface area contributed by atoms with E-state index in [-0.39, 0.29) is 0 Å². The first kappa shape index (κ1) is 9.59. The number of para-hydroxylation sites is 1. The molecule has 0 heterocycles. The van der Waals surface area contributed by atoms with Gasteiger partial charge < -0.3 is 11.5 Å². The van der Waals surface area contributed by atoms with Gasteiger partial charge in [0, 0.05) is 17.4 Å². The van der Waals surface area contributed by atoms with Crippen LogP contribution in [-0.2, 0) is 6.42 Å². The lowest BCUT2D eigenvalue weighted by molar-refractivity contribution is 1.20. The van der Waals surface area contributed by atoms with E-state index in [1.807, 2.05) is 42.5 Å². The van der Waals surface area contributed by atoms with Crippen LogP contribution < -0.4 is 11.5 Å². The third kappa shape index (κ3) is 2.29. The van der Waals surface area contributed by atoms with E-state index in [1.54, 1.807) is 0 Å². The topological polar surface area (TPSA) is 52.0 Å². The van der Waals surface area contributed by atoms with E-state index >= 15 is 0 Å². The standard InChI is InChI=1S/C13H13N2/c14-12-6-3-4-10(9-12)8-11-5-1-2-7-13(11)15/h1-5,7,9H,8,14-15H2. The summed E-state index contributed by atoms with van der Waals surface area (Å²) in [4.78, 5) is 0. The Morgan fingerprint density at radius 1 is 1.07 bits per heavy atom. The molecule has 0 aromatic heterocycles. The van der Waals surface area contributed by atoms with Crippen molar-refractivity contribution in [3.05, 3.63) is 59.7 Å². The maximum atomic E-state index is 5.87. The molecule has 0 bridgehead atoms. The van der Waals surface area contributed by atoms with E-state index in [0.29, 0.717) is 5.69 Å². The quantitative estimate of drug-likeness (QED) is 0.725. The number of rotatable bonds is 2. The van der Waals surface area contributed by atoms with Crippen LogP contribution in [0.3, 0.4) is 0 Å². The molecule has 2 aromatic carbocycles. The molecular formula is C13H13N2. The molecule has 0 spiro atoms. The van der Waals surface area contributed by atoms with Crippen LogP contribution in [0.4, 0.5) is 11.4 Å². The first-order chi connectivity index (χ1) is 7.25. The summed E-state index contributed by atoms with van der Waals surface area (Å²) >= 11 is 0. The van der Waals surface area contributed by atoms with Crippen molar-refractivity contribution in [1.29, 1.82) is 0 Å². The minimum Gasteiger partial charge on any atom is -0.398 e. The van der Waals surface area contributed by atoms with E-state index in [1.165, 1.54) is 0 Å². The lowest BCUT2D eigenvalue weighted by Crippen LogP contribution is -1.96. The van der Waals surface area contributed by atoms with Crippen molar-refractivity contribution in [2.45, 2.75) is 6.42 Å². The third-order valence-electron chi connectivity index (χ3n) is 2.34. The van der Waals surface area contributed by atoms with Crippen molar-refractivity contribution in [3.8, 4) is 0 Å². The molecule has 0 saturated heterocycles. The first-order valence-electron chi connectivity index (χ1n) is 4.85. The smallest absolute Gasteiger partial charge is 0.0397 e. The molecule has 4 N–H and O–H groups in total. The Bertz CT molecular complexity index is 464. The molecule has 0 aliphatic rings. The zero-order chi connectivity index (χ0) is 10.7. The second-order valence-corrected chi connectivity index (χ2v) is 3.53. The van der Waals surface area contributed by atoms with E-state index < -0.39 is 0 Å². The van der Waals surface area contributed by atoms with Crippen LogP contribution >= 0.6 is 0 Å². The van der Waals surface area contributed by atoms with Gasteiger partial charge in [-0.25, -0.2) is 0 Å². The van der Waals surface area contributed by atoms with Crippen molar-refractivity contribution >= 4 is 11.4 Å². The van der Waals surface area contributed by atoms with Crippen molar-refractivity contribution in [2.75, 3.05) is 11.5 Å². The fourth-order valence-electron chi connectivity index (χ4n) is 1.56. The second kappa shape index (κ2) is 4.05. The van der Waals surface area contributed by atoms with Crippen LogP contribution in [0, 0.1) is 6.07 Å². The van der Waals surface area contributed by atoms with Crippen molar-refractivity contribution in [3.63, 3.8) is 0 Å². The van der Waals surface area contributed by atoms with E-state index in [2.05, 4.69) is 6.07 Å². The molecule has 0 fully saturated rings. The van der Waals surface area contributed by atoms with Crippen LogP contribution in [-0.4, -0.2) is 0 Å². The molecule has 0 unspecified atom stereocenters. The molecule has 0 aliphatic heterocycles. The highest BCUT2D eigenvalue weighted by Gasteiger charge is 1.99. The minimum absolute atomic E-state index is 0.669. The summed E-state index contributed by atoms with van der Waals surface area (Å²) in [5.74, 6) is 0. The van der Waals surface area contributed by atoms with Gasteiger partial charge in [0.1, 0.15) is 0 Å². The fraction of sp³-hybridized carbons (Fsp3) is 0.0769. The average Bonchev–Trinajstić information content (AvgIpc) is 2.22. The first-order valence-corrected chi connectivity index (χ1v) is 4.85. The highest BCUT2D eigenvalue weighted by molar-refractivity contribution is 5.50. The fourth-order valence-corrected chi connectivity index (χ4v) is 1.56. The predicted octanol–water partition coefficient (Wildman–Crippen LogP) is 2.24. The number of benzene rings is 2. The Kier molecular flexibility index (Phi) is 2.59. The minimum atomic E-state index is 0.669. The maximum absolute atomic E-state index is 5.87. The van der Waals surface area contributed by atoms with Crippen LogP contribution in [0.5, 0.6) is 0 Å². The molecule has 0 atom stereocenters. The maximum Gasteiger partial charge on any atom is 0.0397 e. The van der Waals surface area contributed by atoms with Crippen molar-refractivity contribution in [2.24, 2.45) is 0 Å². The van der Waals surface area contributed by atoms with Crippen LogP contribution in [0.1, 0.15) is 11.1 Å². The molecule has 2 rings (SSSR count). The molecule has 0 aliphatic carbocycles. The van der Waals surface area contributed by atoms with Gasteiger partial charge in [0.15, 0.2) is 0 Å². The highest BCUT2D eigenvalue weighted by atomic mass is 14.6. The van der Waals surface area contributed by atoms with Gasteiger partial charge >= 0.3 is 0 Å². The molecule has 1 radical (unpaired) electrons. The summed E-state index contributed by atoms with van der Waals surface area (Å²) in [6, 6.07) is 16.5. The lowest BCUT2D eigenvalue weighted by atomic mass is 10.0. The summed E-state index contributed by atoms with van der Waals surface area (Å²) in [5, 5.41) is 0. The summed E-state index contributed by atoms with van der Waals surface area (Å²) < 4.78 is 0. The van der Waals surface area contributed by atoms with Gasteiger partial charge in [0.25, 0.3) is 0 Å². The largest absolute Gasteiger partial charge is 0.398 e. The Balaban J connectivity index is 2.26. The number of hydrogen-bond donors (Lipinski definition) is 2. The Hall–Kier alpha value is -1.96. The van der Waals surface area contributed by atoms with Gasteiger partial charge in [0.05, 0.1) is 0 Å². The number of nitrogens with two attached hydrogens (primary N) is 2. The SMILES string of the molecule is Nc1[c]ccc(Cc2ccccc2N)c1. The predicted molar refractivity (Wildman–Crippen MR) is 63.4 cm³/mol. The molecule has 2 nitrogen and oxygen atoms in total. The summed E-state index contributed by atoms with van der Waals surface area (Å²) in [6.45, 7) is 0. The molecule has 2 heteroatoms. The van der Waals surface area contributed by atoms with Crippen LogP contribution in [0.2, 0.25) is 0 Å². The lowest BCUT2D eigenvalue weighted by Gasteiger charge is -2.05. The van der Waals surface area contributed by atoms with Gasteiger partial charge in [-0.3, -0.25) is 0 Å². The molecule has 0 saturated carbocycles. The number of anilines is 2. The monoisotopic (exact) mass is 197 g/mol. The number of hydrogen-bond acceptors (Lipinski definition) is 2. The van der Waals surface area contributed by atoms with Crippen molar-refractivity contribution < 1.29 is 0 Å². The summed E-state index contributed by atoms with van der Waals surface area (Å²) in [6.07, 6.45) is 0.811. The van der Waals surface area contributed by atoms with Crippen LogP contribution in [0.15, 0.2) is 42.5 Å². The average molecular weight is 197 g/mol. The zero-order valence-electron chi connectivity index (χ0n) is 8.40. The van der Waals surface area contributed by atoms with Gasteiger partial charge in [0.2, 0.25) is 0 Å². The molecular weight excluding hydrogens is 184 g/mol. The Labute approximate surface area is 89.5 Å². The van der Waals surface area contributed by atoms with E-state index in [0.717, 1.165) is 23.2 Å². The van der Waals surface area contributed by atoms with E-state index in [9.17, 15) is 0 Å². The van der Waals surface area contributed by atoms with Gasteiger partial charge in [-0.15, -0.1) is 0 Å². The molecule has 75 valence electrons. The number of nitrogen functional groups attached to an aromatic ring is 2. The Morgan fingerprint density at radius 2 is 1.87 bits per heavy atom. The second-order valence-electron chi connectivity index (χ2n) is 3.53. The summed E-state index contributed by atoms with van der Waals surface area (Å²) in [5.41, 5.74) is 15.3. The van der Waals surface area contributed by atoms with Gasteiger partial charge in [-0.05, 0) is 29.7 Å².